The van der Waals surface area contributed by atoms with Gasteiger partial charge in [-0.25, -0.2) is 4.98 Å². The van der Waals surface area contributed by atoms with Gasteiger partial charge in [-0.3, -0.25) is 0 Å². The Morgan fingerprint density at radius 2 is 2.21 bits per heavy atom. The zero-order valence-corrected chi connectivity index (χ0v) is 8.86. The molecule has 0 saturated heterocycles. The Balaban J connectivity index is 2.80. The van der Waals surface area contributed by atoms with Crippen LogP contribution in [0.3, 0.4) is 0 Å². The van der Waals surface area contributed by atoms with Crippen molar-refractivity contribution < 1.29 is 5.11 Å². The van der Waals surface area contributed by atoms with Crippen LogP contribution < -0.4 is 10.6 Å². The summed E-state index contributed by atoms with van der Waals surface area (Å²) in [5, 5.41) is 9.63. The summed E-state index contributed by atoms with van der Waals surface area (Å²) in [6.07, 6.45) is 1.69. The molecule has 0 spiro atoms. The Morgan fingerprint density at radius 1 is 1.57 bits per heavy atom. The largest absolute Gasteiger partial charge is 0.396 e. The van der Waals surface area contributed by atoms with Gasteiger partial charge in [0.25, 0.3) is 0 Å². The molecule has 1 rings (SSSR count). The van der Waals surface area contributed by atoms with Gasteiger partial charge in [0.2, 0.25) is 0 Å². The second-order valence-electron chi connectivity index (χ2n) is 4.08. The number of aromatic nitrogens is 1. The number of likely N-dealkylation sites (N-methyl/N-ethyl adjacent to an activating group) is 1. The van der Waals surface area contributed by atoms with Crippen LogP contribution in [0.1, 0.15) is 13.8 Å². The Hall–Kier alpha value is -1.29. The number of hydrogen-bond acceptors (Lipinski definition) is 4. The Kier molecular flexibility index (Phi) is 2.96. The first-order valence-corrected chi connectivity index (χ1v) is 4.54. The molecule has 0 aliphatic carbocycles. The van der Waals surface area contributed by atoms with E-state index in [-0.39, 0.29) is 0 Å². The van der Waals surface area contributed by atoms with E-state index in [9.17, 15) is 5.11 Å². The lowest BCUT2D eigenvalue weighted by atomic mass is 10.1. The van der Waals surface area contributed by atoms with Gasteiger partial charge in [0, 0.05) is 19.8 Å². The fraction of sp³-hybridized carbons (Fsp3) is 0.500. The highest BCUT2D eigenvalue weighted by Crippen LogP contribution is 2.19. The lowest BCUT2D eigenvalue weighted by Crippen LogP contribution is -2.36. The fourth-order valence-corrected chi connectivity index (χ4v) is 1.38. The maximum atomic E-state index is 9.63. The van der Waals surface area contributed by atoms with Crippen LogP contribution in [-0.2, 0) is 0 Å². The van der Waals surface area contributed by atoms with E-state index >= 15 is 0 Å². The molecule has 1 heterocycles. The van der Waals surface area contributed by atoms with Gasteiger partial charge in [-0.15, -0.1) is 0 Å². The van der Waals surface area contributed by atoms with Crippen LogP contribution in [0.4, 0.5) is 11.5 Å². The molecule has 0 aliphatic rings. The third-order valence-corrected chi connectivity index (χ3v) is 1.80. The molecule has 0 saturated carbocycles. The summed E-state index contributed by atoms with van der Waals surface area (Å²) in [4.78, 5) is 5.99. The molecule has 0 radical (unpaired) electrons. The van der Waals surface area contributed by atoms with E-state index in [1.165, 1.54) is 0 Å². The number of anilines is 2. The molecule has 0 amide bonds. The highest BCUT2D eigenvalue weighted by molar-refractivity contribution is 5.61. The van der Waals surface area contributed by atoms with Crippen molar-refractivity contribution in [3.63, 3.8) is 0 Å². The minimum atomic E-state index is -0.751. The van der Waals surface area contributed by atoms with Crippen LogP contribution in [-0.4, -0.2) is 29.3 Å². The molecule has 0 bridgehead atoms. The van der Waals surface area contributed by atoms with Gasteiger partial charge in [0.05, 0.1) is 11.3 Å². The first-order valence-electron chi connectivity index (χ1n) is 4.54. The van der Waals surface area contributed by atoms with E-state index in [2.05, 4.69) is 4.98 Å². The Labute approximate surface area is 84.4 Å². The molecule has 4 nitrogen and oxygen atoms in total. The van der Waals surface area contributed by atoms with Crippen LogP contribution in [0.25, 0.3) is 0 Å². The first kappa shape index (κ1) is 10.8. The molecule has 0 atom stereocenters. The van der Waals surface area contributed by atoms with Gasteiger partial charge >= 0.3 is 0 Å². The number of nitrogens with zero attached hydrogens (tertiary/aromatic N) is 2. The number of rotatable bonds is 3. The van der Waals surface area contributed by atoms with Crippen molar-refractivity contribution in [2.75, 3.05) is 24.2 Å². The summed E-state index contributed by atoms with van der Waals surface area (Å²) in [5.74, 6) is 0.703. The molecule has 0 fully saturated rings. The minimum absolute atomic E-state index is 0.494. The van der Waals surface area contributed by atoms with Gasteiger partial charge in [-0.1, -0.05) is 0 Å². The summed E-state index contributed by atoms with van der Waals surface area (Å²) in [7, 11) is 1.86. The quantitative estimate of drug-likeness (QED) is 0.751. The van der Waals surface area contributed by atoms with E-state index in [4.69, 9.17) is 5.73 Å². The van der Waals surface area contributed by atoms with Crippen LogP contribution in [0, 0.1) is 0 Å². The van der Waals surface area contributed by atoms with Gasteiger partial charge in [0.15, 0.2) is 5.82 Å². The summed E-state index contributed by atoms with van der Waals surface area (Å²) in [5.41, 5.74) is 5.63. The molecule has 1 aromatic rings. The predicted octanol–water partition coefficient (Wildman–Crippen LogP) is 0.871. The van der Waals surface area contributed by atoms with Gasteiger partial charge in [-0.2, -0.15) is 0 Å². The predicted molar refractivity (Wildman–Crippen MR) is 58.2 cm³/mol. The molecule has 0 aliphatic heterocycles. The average molecular weight is 195 g/mol. The normalized spacial score (nSPS) is 11.4. The van der Waals surface area contributed by atoms with E-state index in [0.29, 0.717) is 18.1 Å². The molecular formula is C10H17N3O. The van der Waals surface area contributed by atoms with Crippen molar-refractivity contribution in [2.24, 2.45) is 0 Å². The number of nitrogens with two attached hydrogens (primary N) is 1. The van der Waals surface area contributed by atoms with Gasteiger partial charge in [0.1, 0.15) is 0 Å². The number of nitrogen functional groups attached to an aromatic ring is 1. The van der Waals surface area contributed by atoms with Crippen molar-refractivity contribution >= 4 is 11.5 Å². The van der Waals surface area contributed by atoms with Crippen molar-refractivity contribution in [1.82, 2.24) is 4.98 Å². The molecule has 3 N–H and O–H groups in total. The molecule has 78 valence electrons. The zero-order valence-electron chi connectivity index (χ0n) is 8.86. The highest BCUT2D eigenvalue weighted by Gasteiger charge is 2.17. The molecule has 4 heteroatoms. The van der Waals surface area contributed by atoms with Crippen LogP contribution in [0.5, 0.6) is 0 Å². The monoisotopic (exact) mass is 195 g/mol. The first-order chi connectivity index (χ1) is 6.40. The Morgan fingerprint density at radius 3 is 2.71 bits per heavy atom. The van der Waals surface area contributed by atoms with E-state index in [1.807, 2.05) is 11.9 Å². The average Bonchev–Trinajstić information content (AvgIpc) is 2.01. The van der Waals surface area contributed by atoms with E-state index < -0.39 is 5.60 Å². The van der Waals surface area contributed by atoms with Crippen molar-refractivity contribution in [2.45, 2.75) is 19.4 Å². The zero-order chi connectivity index (χ0) is 10.8. The standard InChI is InChI=1S/C10H17N3O/c1-10(2,14)7-13(3)9-8(11)5-4-6-12-9/h4-6,14H,7,11H2,1-3H3. The minimum Gasteiger partial charge on any atom is -0.396 e. The van der Waals surface area contributed by atoms with Gasteiger partial charge < -0.3 is 15.7 Å². The summed E-state index contributed by atoms with van der Waals surface area (Å²) in [6.45, 7) is 4.00. The summed E-state index contributed by atoms with van der Waals surface area (Å²) >= 11 is 0. The lowest BCUT2D eigenvalue weighted by Gasteiger charge is -2.26. The second-order valence-corrected chi connectivity index (χ2v) is 4.08. The molecule has 1 aromatic heterocycles. The number of aliphatic hydroxyl groups is 1. The van der Waals surface area contributed by atoms with E-state index in [1.54, 1.807) is 32.2 Å². The number of pyridine rings is 1. The number of hydrogen-bond donors (Lipinski definition) is 2. The second kappa shape index (κ2) is 3.84. The lowest BCUT2D eigenvalue weighted by molar-refractivity contribution is 0.0885. The molecule has 14 heavy (non-hydrogen) atoms. The topological polar surface area (TPSA) is 62.4 Å². The van der Waals surface area contributed by atoms with E-state index in [0.717, 1.165) is 0 Å². The maximum absolute atomic E-state index is 9.63. The third-order valence-electron chi connectivity index (χ3n) is 1.80. The summed E-state index contributed by atoms with van der Waals surface area (Å²) in [6, 6.07) is 3.58. The van der Waals surface area contributed by atoms with Crippen LogP contribution in [0.2, 0.25) is 0 Å². The van der Waals surface area contributed by atoms with Gasteiger partial charge in [-0.05, 0) is 26.0 Å². The Bertz CT molecular complexity index is 306. The SMILES string of the molecule is CN(CC(C)(C)O)c1ncccc1N. The molecule has 0 unspecified atom stereocenters. The maximum Gasteiger partial charge on any atom is 0.151 e. The molecule has 0 aromatic carbocycles. The van der Waals surface area contributed by atoms with Crippen molar-refractivity contribution in [1.29, 1.82) is 0 Å². The molecular weight excluding hydrogens is 178 g/mol. The summed E-state index contributed by atoms with van der Waals surface area (Å²) < 4.78 is 0. The fourth-order valence-electron chi connectivity index (χ4n) is 1.38. The highest BCUT2D eigenvalue weighted by atomic mass is 16.3. The van der Waals surface area contributed by atoms with Crippen molar-refractivity contribution in [3.05, 3.63) is 18.3 Å². The smallest absolute Gasteiger partial charge is 0.151 e. The van der Waals surface area contributed by atoms with Crippen LogP contribution >= 0.6 is 0 Å². The van der Waals surface area contributed by atoms with Crippen molar-refractivity contribution in [3.8, 4) is 0 Å². The third kappa shape index (κ3) is 2.88. The van der Waals surface area contributed by atoms with Crippen LogP contribution in [0.15, 0.2) is 18.3 Å².